The summed E-state index contributed by atoms with van der Waals surface area (Å²) in [6, 6.07) is 8.14. The van der Waals surface area contributed by atoms with Gasteiger partial charge in [-0.05, 0) is 33.3 Å². The number of amides is 2. The highest BCUT2D eigenvalue weighted by molar-refractivity contribution is 5.93. The molecule has 9 nitrogen and oxygen atoms in total. The predicted octanol–water partition coefficient (Wildman–Crippen LogP) is 2.31. The smallest absolute Gasteiger partial charge is 0.409 e. The number of aromatic nitrogens is 2. The van der Waals surface area contributed by atoms with Crippen molar-refractivity contribution >= 4 is 18.0 Å². The Kier molecular flexibility index (Phi) is 7.50. The van der Waals surface area contributed by atoms with Crippen molar-refractivity contribution in [1.29, 1.82) is 0 Å². The van der Waals surface area contributed by atoms with Crippen LogP contribution in [-0.4, -0.2) is 76.9 Å². The Morgan fingerprint density at radius 1 is 0.938 bits per heavy atom. The van der Waals surface area contributed by atoms with Crippen molar-refractivity contribution in [2.24, 2.45) is 0 Å². The summed E-state index contributed by atoms with van der Waals surface area (Å²) in [5.41, 5.74) is 3.91. The number of benzene rings is 1. The fourth-order valence-corrected chi connectivity index (χ4v) is 3.66. The first-order valence-electron chi connectivity index (χ1n) is 10.8. The number of piperazine rings is 1. The number of aryl methyl sites for hydroxylation is 2. The van der Waals surface area contributed by atoms with E-state index in [0.29, 0.717) is 56.3 Å². The van der Waals surface area contributed by atoms with Crippen LogP contribution in [0.5, 0.6) is 0 Å². The molecule has 3 rings (SSSR count). The van der Waals surface area contributed by atoms with Crippen LogP contribution >= 0.6 is 0 Å². The van der Waals surface area contributed by atoms with Gasteiger partial charge in [-0.25, -0.2) is 9.59 Å². The minimum atomic E-state index is -0.561. The molecular formula is C23H30N4O5. The molecule has 2 amide bonds. The van der Waals surface area contributed by atoms with Gasteiger partial charge in [0, 0.05) is 26.2 Å². The second-order valence-corrected chi connectivity index (χ2v) is 7.83. The molecule has 0 aliphatic carbocycles. The molecule has 172 valence electrons. The van der Waals surface area contributed by atoms with Crippen LogP contribution in [0, 0.1) is 20.8 Å². The summed E-state index contributed by atoms with van der Waals surface area (Å²) in [5, 5.41) is 4.48. The minimum absolute atomic E-state index is 0.288. The lowest BCUT2D eigenvalue weighted by Crippen LogP contribution is -2.51. The molecule has 1 aliphatic heterocycles. The third-order valence-electron chi connectivity index (χ3n) is 5.52. The molecule has 0 N–H and O–H groups in total. The lowest BCUT2D eigenvalue weighted by atomic mass is 10.1. The van der Waals surface area contributed by atoms with Crippen LogP contribution in [0.1, 0.15) is 39.8 Å². The van der Waals surface area contributed by atoms with Crippen LogP contribution in [0.3, 0.4) is 0 Å². The highest BCUT2D eigenvalue weighted by Crippen LogP contribution is 2.17. The van der Waals surface area contributed by atoms with Crippen LogP contribution in [0.15, 0.2) is 24.3 Å². The Morgan fingerprint density at radius 3 is 2.19 bits per heavy atom. The first-order valence-corrected chi connectivity index (χ1v) is 10.8. The van der Waals surface area contributed by atoms with Gasteiger partial charge in [0.2, 0.25) is 0 Å². The standard InChI is InChI=1S/C23H30N4O5/c1-5-31-23(30)26-12-10-25(11-13-26)20(28)15-32-22(29)21-17(3)24-27(18(21)4)14-19-8-6-16(2)7-9-19/h6-9H,5,10-15H2,1-4H3. The van der Waals surface area contributed by atoms with Crippen LogP contribution in [-0.2, 0) is 20.8 Å². The summed E-state index contributed by atoms with van der Waals surface area (Å²) in [4.78, 5) is 40.1. The fourth-order valence-electron chi connectivity index (χ4n) is 3.66. The van der Waals surface area contributed by atoms with Crippen molar-refractivity contribution in [3.05, 3.63) is 52.3 Å². The number of esters is 1. The van der Waals surface area contributed by atoms with Gasteiger partial charge in [0.1, 0.15) is 5.56 Å². The summed E-state index contributed by atoms with van der Waals surface area (Å²) in [6.45, 7) is 9.41. The molecule has 1 fully saturated rings. The van der Waals surface area contributed by atoms with Gasteiger partial charge in [-0.2, -0.15) is 5.10 Å². The third-order valence-corrected chi connectivity index (χ3v) is 5.52. The topological polar surface area (TPSA) is 94.0 Å². The SMILES string of the molecule is CCOC(=O)N1CCN(C(=O)COC(=O)c2c(C)nn(Cc3ccc(C)cc3)c2C)CC1. The zero-order valence-electron chi connectivity index (χ0n) is 19.1. The quantitative estimate of drug-likeness (QED) is 0.638. The Bertz CT molecular complexity index is 975. The van der Waals surface area contributed by atoms with Crippen molar-refractivity contribution in [1.82, 2.24) is 19.6 Å². The van der Waals surface area contributed by atoms with Crippen molar-refractivity contribution in [3.8, 4) is 0 Å². The van der Waals surface area contributed by atoms with E-state index in [9.17, 15) is 14.4 Å². The lowest BCUT2D eigenvalue weighted by Gasteiger charge is -2.33. The van der Waals surface area contributed by atoms with Gasteiger partial charge in [0.25, 0.3) is 5.91 Å². The Balaban J connectivity index is 1.55. The van der Waals surface area contributed by atoms with Gasteiger partial charge in [-0.3, -0.25) is 9.48 Å². The second-order valence-electron chi connectivity index (χ2n) is 7.83. The fraction of sp³-hybridized carbons (Fsp3) is 0.478. The molecule has 2 heterocycles. The highest BCUT2D eigenvalue weighted by Gasteiger charge is 2.26. The number of carbonyl (C=O) groups excluding carboxylic acids is 3. The highest BCUT2D eigenvalue weighted by atomic mass is 16.6. The molecule has 0 saturated carbocycles. The molecule has 0 radical (unpaired) electrons. The van der Waals surface area contributed by atoms with Crippen LogP contribution in [0.2, 0.25) is 0 Å². The predicted molar refractivity (Wildman–Crippen MR) is 117 cm³/mol. The number of rotatable bonds is 6. The number of ether oxygens (including phenoxy) is 2. The van der Waals surface area contributed by atoms with Gasteiger partial charge >= 0.3 is 12.1 Å². The van der Waals surface area contributed by atoms with Crippen molar-refractivity contribution in [2.75, 3.05) is 39.4 Å². The molecule has 1 aliphatic rings. The maximum atomic E-state index is 12.7. The van der Waals surface area contributed by atoms with E-state index in [4.69, 9.17) is 9.47 Å². The second kappa shape index (κ2) is 10.3. The van der Waals surface area contributed by atoms with Crippen LogP contribution < -0.4 is 0 Å². The summed E-state index contributed by atoms with van der Waals surface area (Å²) in [7, 11) is 0. The van der Waals surface area contributed by atoms with E-state index >= 15 is 0 Å². The lowest BCUT2D eigenvalue weighted by molar-refractivity contribution is -0.136. The average molecular weight is 443 g/mol. The van der Waals surface area contributed by atoms with E-state index in [-0.39, 0.29) is 18.6 Å². The summed E-state index contributed by atoms with van der Waals surface area (Å²) >= 11 is 0. The molecule has 1 aromatic carbocycles. The summed E-state index contributed by atoms with van der Waals surface area (Å²) in [6.07, 6.45) is -0.375. The molecule has 1 saturated heterocycles. The summed E-state index contributed by atoms with van der Waals surface area (Å²) in [5.74, 6) is -0.849. The van der Waals surface area contributed by atoms with E-state index < -0.39 is 5.97 Å². The molecule has 9 heteroatoms. The number of hydrogen-bond acceptors (Lipinski definition) is 6. The Morgan fingerprint density at radius 2 is 1.56 bits per heavy atom. The Labute approximate surface area is 187 Å². The molecule has 1 aromatic heterocycles. The maximum absolute atomic E-state index is 12.7. The van der Waals surface area contributed by atoms with Gasteiger partial charge in [-0.15, -0.1) is 0 Å². The first-order chi connectivity index (χ1) is 15.3. The van der Waals surface area contributed by atoms with Gasteiger partial charge < -0.3 is 19.3 Å². The molecule has 0 spiro atoms. The van der Waals surface area contributed by atoms with Crippen LogP contribution in [0.4, 0.5) is 4.79 Å². The van der Waals surface area contributed by atoms with Crippen molar-refractivity contribution in [3.63, 3.8) is 0 Å². The van der Waals surface area contributed by atoms with Crippen molar-refractivity contribution < 1.29 is 23.9 Å². The Hall–Kier alpha value is -3.36. The van der Waals surface area contributed by atoms with Crippen LogP contribution in [0.25, 0.3) is 0 Å². The minimum Gasteiger partial charge on any atom is -0.452 e. The molecule has 0 atom stereocenters. The molecular weight excluding hydrogens is 412 g/mol. The number of hydrogen-bond donors (Lipinski definition) is 0. The van der Waals surface area contributed by atoms with E-state index in [1.807, 2.05) is 38.1 Å². The molecule has 0 unspecified atom stereocenters. The van der Waals surface area contributed by atoms with E-state index in [0.717, 1.165) is 5.56 Å². The zero-order chi connectivity index (χ0) is 23.3. The summed E-state index contributed by atoms with van der Waals surface area (Å²) < 4.78 is 12.1. The largest absolute Gasteiger partial charge is 0.452 e. The van der Waals surface area contributed by atoms with Gasteiger partial charge in [0.15, 0.2) is 6.61 Å². The average Bonchev–Trinajstić information content (AvgIpc) is 3.06. The zero-order valence-corrected chi connectivity index (χ0v) is 19.1. The van der Waals surface area contributed by atoms with E-state index in [2.05, 4.69) is 5.10 Å². The molecule has 0 bridgehead atoms. The van der Waals surface area contributed by atoms with Gasteiger partial charge in [-0.1, -0.05) is 29.8 Å². The third kappa shape index (κ3) is 5.46. The van der Waals surface area contributed by atoms with Gasteiger partial charge in [0.05, 0.1) is 24.5 Å². The van der Waals surface area contributed by atoms with Crippen molar-refractivity contribution in [2.45, 2.75) is 34.2 Å². The number of carbonyl (C=O) groups is 3. The normalized spacial score (nSPS) is 13.8. The molecule has 32 heavy (non-hydrogen) atoms. The molecule has 2 aromatic rings. The van der Waals surface area contributed by atoms with E-state index in [1.54, 1.807) is 28.3 Å². The van der Waals surface area contributed by atoms with E-state index in [1.165, 1.54) is 5.56 Å². The monoisotopic (exact) mass is 442 g/mol. The number of nitrogens with zero attached hydrogens (tertiary/aromatic N) is 4. The maximum Gasteiger partial charge on any atom is 0.409 e. The first kappa shape index (κ1) is 23.3.